The first kappa shape index (κ1) is 22.8. The van der Waals surface area contributed by atoms with Crippen LogP contribution in [-0.2, 0) is 7.05 Å². The summed E-state index contributed by atoms with van der Waals surface area (Å²) in [6, 6.07) is 8.21. The normalized spacial score (nSPS) is 22.8. The van der Waals surface area contributed by atoms with Crippen molar-refractivity contribution in [2.24, 2.45) is 12.5 Å². The Morgan fingerprint density at radius 1 is 1.27 bits per heavy atom. The van der Waals surface area contributed by atoms with Gasteiger partial charge in [0, 0.05) is 30.6 Å². The molecule has 0 aliphatic heterocycles. The number of benzene rings is 1. The van der Waals surface area contributed by atoms with Crippen molar-refractivity contribution in [3.63, 3.8) is 0 Å². The molecule has 0 saturated heterocycles. The van der Waals surface area contributed by atoms with Crippen molar-refractivity contribution in [2.75, 3.05) is 11.9 Å². The number of phenolic OH excluding ortho intramolecular Hbond substituents is 1. The second kappa shape index (κ2) is 8.88. The van der Waals surface area contributed by atoms with Gasteiger partial charge in [0.25, 0.3) is 0 Å². The number of hydrogen-bond donors (Lipinski definition) is 1. The zero-order valence-electron chi connectivity index (χ0n) is 19.4. The van der Waals surface area contributed by atoms with Crippen molar-refractivity contribution < 1.29 is 9.50 Å². The molecule has 2 heterocycles. The topological polar surface area (TPSA) is 97.0 Å². The zero-order chi connectivity index (χ0) is 23.8. The fourth-order valence-electron chi connectivity index (χ4n) is 4.47. The van der Waals surface area contributed by atoms with Crippen LogP contribution in [0.2, 0.25) is 0 Å². The highest BCUT2D eigenvalue weighted by molar-refractivity contribution is 5.72. The summed E-state index contributed by atoms with van der Waals surface area (Å²) in [5.74, 6) is 0.800. The second-order valence-corrected chi connectivity index (χ2v) is 9.06. The lowest BCUT2D eigenvalue weighted by atomic mass is 9.70. The van der Waals surface area contributed by atoms with Crippen molar-refractivity contribution in [3.05, 3.63) is 47.1 Å². The van der Waals surface area contributed by atoms with Gasteiger partial charge in [-0.2, -0.15) is 4.98 Å². The number of phenols is 1. The summed E-state index contributed by atoms with van der Waals surface area (Å²) in [6.45, 7) is 4.07. The van der Waals surface area contributed by atoms with Gasteiger partial charge >= 0.3 is 5.69 Å². The standard InChI is InChI=1S/C24H29FN6O2/c1-5-24(2)12-6-7-18(21(24)25)31(4)20-11-10-17(28-29-20)16-9-8-15(13-19(16)32)22-26-14-30(3)23(33)27-22/h8-11,13-14,18,21,32H,5-7,12H2,1-4H3/t18-,21-,24+/m0/s1. The molecule has 0 amide bonds. The third kappa shape index (κ3) is 4.31. The summed E-state index contributed by atoms with van der Waals surface area (Å²) in [5, 5.41) is 19.2. The van der Waals surface area contributed by atoms with Gasteiger partial charge in [-0.05, 0) is 43.5 Å². The Labute approximate surface area is 192 Å². The molecule has 3 aromatic rings. The number of aromatic hydroxyl groups is 1. The molecule has 4 rings (SSSR count). The van der Waals surface area contributed by atoms with Crippen LogP contribution in [0.15, 0.2) is 41.5 Å². The fourth-order valence-corrected chi connectivity index (χ4v) is 4.47. The number of aryl methyl sites for hydroxylation is 1. The Morgan fingerprint density at radius 3 is 2.70 bits per heavy atom. The first-order valence-electron chi connectivity index (χ1n) is 11.2. The summed E-state index contributed by atoms with van der Waals surface area (Å²) in [4.78, 5) is 21.7. The Hall–Kier alpha value is -3.36. The zero-order valence-corrected chi connectivity index (χ0v) is 19.4. The summed E-state index contributed by atoms with van der Waals surface area (Å²) in [6.07, 6.45) is 3.93. The maximum Gasteiger partial charge on any atom is 0.350 e. The summed E-state index contributed by atoms with van der Waals surface area (Å²) >= 11 is 0. The lowest BCUT2D eigenvalue weighted by Gasteiger charge is -2.44. The Kier molecular flexibility index (Phi) is 6.14. The van der Waals surface area contributed by atoms with Crippen LogP contribution in [0.4, 0.5) is 10.2 Å². The quantitative estimate of drug-likeness (QED) is 0.630. The molecule has 1 saturated carbocycles. The van der Waals surface area contributed by atoms with E-state index in [4.69, 9.17) is 0 Å². The van der Waals surface area contributed by atoms with Crippen LogP contribution in [0.3, 0.4) is 0 Å². The summed E-state index contributed by atoms with van der Waals surface area (Å²) < 4.78 is 16.6. The molecule has 174 valence electrons. The molecule has 1 aliphatic rings. The minimum Gasteiger partial charge on any atom is -0.507 e. The number of aromatic nitrogens is 5. The van der Waals surface area contributed by atoms with Crippen molar-refractivity contribution >= 4 is 5.82 Å². The fraction of sp³-hybridized carbons (Fsp3) is 0.458. The lowest BCUT2D eigenvalue weighted by Crippen LogP contribution is -2.50. The minimum atomic E-state index is -0.934. The molecular weight excluding hydrogens is 423 g/mol. The van der Waals surface area contributed by atoms with E-state index < -0.39 is 11.9 Å². The van der Waals surface area contributed by atoms with Gasteiger partial charge in [-0.25, -0.2) is 14.2 Å². The van der Waals surface area contributed by atoms with Crippen LogP contribution in [0, 0.1) is 5.41 Å². The Balaban J connectivity index is 1.55. The monoisotopic (exact) mass is 452 g/mol. The van der Waals surface area contributed by atoms with Gasteiger partial charge in [-0.3, -0.25) is 4.57 Å². The molecule has 0 spiro atoms. The predicted molar refractivity (Wildman–Crippen MR) is 125 cm³/mol. The van der Waals surface area contributed by atoms with Crippen LogP contribution in [0.25, 0.3) is 22.6 Å². The molecule has 0 unspecified atom stereocenters. The molecular formula is C24H29FN6O2. The van der Waals surface area contributed by atoms with Gasteiger partial charge in [0.2, 0.25) is 0 Å². The maximum atomic E-state index is 15.3. The van der Waals surface area contributed by atoms with Gasteiger partial charge in [0.05, 0.1) is 11.7 Å². The van der Waals surface area contributed by atoms with Crippen molar-refractivity contribution in [3.8, 4) is 28.4 Å². The lowest BCUT2D eigenvalue weighted by molar-refractivity contribution is 0.0493. The van der Waals surface area contributed by atoms with Gasteiger partial charge in [0.15, 0.2) is 11.6 Å². The van der Waals surface area contributed by atoms with E-state index in [1.165, 1.54) is 17.0 Å². The first-order valence-corrected chi connectivity index (χ1v) is 11.2. The van der Waals surface area contributed by atoms with Gasteiger partial charge in [-0.15, -0.1) is 10.2 Å². The number of nitrogens with zero attached hydrogens (tertiary/aromatic N) is 6. The third-order valence-corrected chi connectivity index (χ3v) is 6.96. The average Bonchev–Trinajstić information content (AvgIpc) is 2.82. The van der Waals surface area contributed by atoms with E-state index in [0.717, 1.165) is 25.7 Å². The van der Waals surface area contributed by atoms with E-state index in [-0.39, 0.29) is 23.0 Å². The van der Waals surface area contributed by atoms with E-state index in [1.54, 1.807) is 31.3 Å². The van der Waals surface area contributed by atoms with E-state index in [2.05, 4.69) is 20.2 Å². The SMILES string of the molecule is CC[C@]1(C)CCC[C@H](N(C)c2ccc(-c3ccc(-c4ncn(C)c(=O)n4)cc3O)nn2)[C@@H]1F. The predicted octanol–water partition coefficient (Wildman–Crippen LogP) is 3.75. The number of rotatable bonds is 5. The average molecular weight is 453 g/mol. The smallest absolute Gasteiger partial charge is 0.350 e. The molecule has 0 bridgehead atoms. The van der Waals surface area contributed by atoms with Crippen LogP contribution in [-0.4, -0.2) is 49.1 Å². The molecule has 3 atom stereocenters. The van der Waals surface area contributed by atoms with E-state index >= 15 is 4.39 Å². The molecule has 2 aromatic heterocycles. The van der Waals surface area contributed by atoms with Gasteiger partial charge in [0.1, 0.15) is 18.2 Å². The van der Waals surface area contributed by atoms with Crippen molar-refractivity contribution in [1.82, 2.24) is 24.7 Å². The van der Waals surface area contributed by atoms with E-state index in [9.17, 15) is 9.90 Å². The number of hydrogen-bond acceptors (Lipinski definition) is 7. The van der Waals surface area contributed by atoms with Crippen LogP contribution < -0.4 is 10.6 Å². The summed E-state index contributed by atoms with van der Waals surface area (Å²) in [7, 11) is 3.43. The highest BCUT2D eigenvalue weighted by atomic mass is 19.1. The van der Waals surface area contributed by atoms with Crippen LogP contribution in [0.1, 0.15) is 39.5 Å². The first-order chi connectivity index (χ1) is 15.7. The van der Waals surface area contributed by atoms with E-state index in [0.29, 0.717) is 22.6 Å². The third-order valence-electron chi connectivity index (χ3n) is 6.96. The Bertz CT molecular complexity index is 1200. The summed E-state index contributed by atoms with van der Waals surface area (Å²) in [5.41, 5.74) is 0.749. The molecule has 9 heteroatoms. The van der Waals surface area contributed by atoms with Crippen LogP contribution in [0.5, 0.6) is 5.75 Å². The highest BCUT2D eigenvalue weighted by Gasteiger charge is 2.43. The number of anilines is 1. The number of halogens is 1. The molecule has 1 aromatic carbocycles. The molecule has 1 fully saturated rings. The van der Waals surface area contributed by atoms with Crippen molar-refractivity contribution in [1.29, 1.82) is 0 Å². The molecule has 0 radical (unpaired) electrons. The molecule has 1 N–H and O–H groups in total. The largest absolute Gasteiger partial charge is 0.507 e. The second-order valence-electron chi connectivity index (χ2n) is 9.06. The molecule has 1 aliphatic carbocycles. The van der Waals surface area contributed by atoms with Gasteiger partial charge in [-0.1, -0.05) is 26.3 Å². The Morgan fingerprint density at radius 2 is 2.06 bits per heavy atom. The van der Waals surface area contributed by atoms with E-state index in [1.807, 2.05) is 25.8 Å². The molecule has 33 heavy (non-hydrogen) atoms. The van der Waals surface area contributed by atoms with Crippen molar-refractivity contribution in [2.45, 2.75) is 51.7 Å². The number of alkyl halides is 1. The molecule has 8 nitrogen and oxygen atoms in total. The highest BCUT2D eigenvalue weighted by Crippen LogP contribution is 2.43. The maximum absolute atomic E-state index is 15.3. The van der Waals surface area contributed by atoms with Gasteiger partial charge < -0.3 is 10.0 Å². The van der Waals surface area contributed by atoms with Crippen LogP contribution >= 0.6 is 0 Å². The minimum absolute atomic E-state index is 0.0259.